The third kappa shape index (κ3) is 5.62. The van der Waals surface area contributed by atoms with Gasteiger partial charge in [-0.3, -0.25) is 4.79 Å². The minimum atomic E-state index is -4.80. The number of hydrogen-bond acceptors (Lipinski definition) is 4. The van der Waals surface area contributed by atoms with Gasteiger partial charge in [-0.1, -0.05) is 13.8 Å². The Morgan fingerprint density at radius 2 is 1.88 bits per heavy atom. The van der Waals surface area contributed by atoms with E-state index in [9.17, 15) is 26.4 Å². The highest BCUT2D eigenvalue weighted by Gasteiger charge is 2.35. The fourth-order valence-electron chi connectivity index (χ4n) is 2.78. The number of carbonyl (C=O) groups is 1. The fraction of sp³-hybridized carbons (Fsp3) is 0.562. The summed E-state index contributed by atoms with van der Waals surface area (Å²) in [6, 6.07) is 4.23. The number of hydrogen-bond donors (Lipinski definition) is 0. The lowest BCUT2D eigenvalue weighted by molar-refractivity contribution is -0.274. The second kappa shape index (κ2) is 7.23. The maximum absolute atomic E-state index is 12.7. The van der Waals surface area contributed by atoms with Crippen LogP contribution in [0.3, 0.4) is 0 Å². The summed E-state index contributed by atoms with van der Waals surface area (Å²) in [5.41, 5.74) is 0.194. The van der Waals surface area contributed by atoms with E-state index in [0.717, 1.165) is 12.1 Å². The lowest BCUT2D eigenvalue weighted by Gasteiger charge is -2.30. The van der Waals surface area contributed by atoms with Crippen molar-refractivity contribution in [3.05, 3.63) is 29.8 Å². The molecule has 1 atom stereocenters. The van der Waals surface area contributed by atoms with Crippen molar-refractivity contribution < 1.29 is 31.1 Å². The first-order chi connectivity index (χ1) is 11.5. The van der Waals surface area contributed by atoms with Gasteiger partial charge in [0.1, 0.15) is 5.75 Å². The molecule has 9 heteroatoms. The molecule has 0 saturated carbocycles. The van der Waals surface area contributed by atoms with E-state index in [4.69, 9.17) is 0 Å². The maximum Gasteiger partial charge on any atom is 0.573 e. The van der Waals surface area contributed by atoms with Crippen LogP contribution in [-0.2, 0) is 9.84 Å². The van der Waals surface area contributed by atoms with E-state index in [1.807, 2.05) is 13.8 Å². The van der Waals surface area contributed by atoms with Gasteiger partial charge < -0.3 is 9.64 Å². The SMILES string of the molecule is CC(C)CN(C(=O)c1ccc(OC(F)(F)F)cc1)[C@H]1CCS(=O)(=O)C1. The van der Waals surface area contributed by atoms with E-state index < -0.39 is 33.9 Å². The van der Waals surface area contributed by atoms with Crippen LogP contribution in [0, 0.1) is 5.92 Å². The van der Waals surface area contributed by atoms with Crippen molar-refractivity contribution >= 4 is 15.7 Å². The van der Waals surface area contributed by atoms with Crippen molar-refractivity contribution in [1.29, 1.82) is 0 Å². The molecular weight excluding hydrogens is 359 g/mol. The molecule has 0 unspecified atom stereocenters. The molecular formula is C16H20F3NO4S. The monoisotopic (exact) mass is 379 g/mol. The smallest absolute Gasteiger partial charge is 0.406 e. The first kappa shape index (κ1) is 19.6. The largest absolute Gasteiger partial charge is 0.573 e. The third-order valence-electron chi connectivity index (χ3n) is 3.81. The first-order valence-corrected chi connectivity index (χ1v) is 9.66. The van der Waals surface area contributed by atoms with Crippen LogP contribution in [0.2, 0.25) is 0 Å². The average Bonchev–Trinajstić information content (AvgIpc) is 2.83. The van der Waals surface area contributed by atoms with Crippen LogP contribution in [-0.4, -0.2) is 49.7 Å². The van der Waals surface area contributed by atoms with Gasteiger partial charge >= 0.3 is 6.36 Å². The Balaban J connectivity index is 2.18. The first-order valence-electron chi connectivity index (χ1n) is 7.84. The molecule has 1 heterocycles. The van der Waals surface area contributed by atoms with Crippen molar-refractivity contribution in [2.75, 3.05) is 18.1 Å². The lowest BCUT2D eigenvalue weighted by Crippen LogP contribution is -2.43. The molecule has 0 aliphatic carbocycles. The molecule has 25 heavy (non-hydrogen) atoms. The highest BCUT2D eigenvalue weighted by molar-refractivity contribution is 7.91. The standard InChI is InChI=1S/C16H20F3NO4S/c1-11(2)9-20(13-7-8-25(22,23)10-13)15(21)12-3-5-14(6-4-12)24-16(17,18)19/h3-6,11,13H,7-10H2,1-2H3/t13-/m0/s1. The van der Waals surface area contributed by atoms with E-state index in [2.05, 4.69) is 4.74 Å². The van der Waals surface area contributed by atoms with Crippen LogP contribution in [0.15, 0.2) is 24.3 Å². The van der Waals surface area contributed by atoms with E-state index in [-0.39, 0.29) is 23.0 Å². The van der Waals surface area contributed by atoms with Gasteiger partial charge in [0.25, 0.3) is 5.91 Å². The second-order valence-corrected chi connectivity index (χ2v) is 8.71. The molecule has 140 valence electrons. The Morgan fingerprint density at radius 3 is 2.32 bits per heavy atom. The molecule has 0 spiro atoms. The summed E-state index contributed by atoms with van der Waals surface area (Å²) >= 11 is 0. The Labute approximate surface area is 144 Å². The Hall–Kier alpha value is -1.77. The molecule has 1 fully saturated rings. The number of alkyl halides is 3. The van der Waals surface area contributed by atoms with E-state index in [1.54, 1.807) is 0 Å². The number of nitrogens with zero attached hydrogens (tertiary/aromatic N) is 1. The molecule has 5 nitrogen and oxygen atoms in total. The highest BCUT2D eigenvalue weighted by Crippen LogP contribution is 2.25. The number of sulfone groups is 1. The molecule has 0 aromatic heterocycles. The van der Waals surface area contributed by atoms with Gasteiger partial charge in [-0.05, 0) is 36.6 Å². The summed E-state index contributed by atoms with van der Waals surface area (Å²) in [6.07, 6.45) is -4.43. The summed E-state index contributed by atoms with van der Waals surface area (Å²) in [5, 5.41) is 0. The minimum Gasteiger partial charge on any atom is -0.406 e. The predicted octanol–water partition coefficient (Wildman–Crippen LogP) is 2.87. The van der Waals surface area contributed by atoms with E-state index >= 15 is 0 Å². The van der Waals surface area contributed by atoms with Crippen LogP contribution in [0.25, 0.3) is 0 Å². The molecule has 0 N–H and O–H groups in total. The number of benzene rings is 1. The van der Waals surface area contributed by atoms with Crippen molar-refractivity contribution in [2.24, 2.45) is 5.92 Å². The quantitative estimate of drug-likeness (QED) is 0.789. The normalized spacial score (nSPS) is 19.8. The number of ether oxygens (including phenoxy) is 1. The van der Waals surface area contributed by atoms with Gasteiger partial charge in [0, 0.05) is 18.2 Å². The summed E-state index contributed by atoms with van der Waals surface area (Å²) < 4.78 is 63.8. The molecule has 0 bridgehead atoms. The Bertz CT molecular complexity index is 714. The van der Waals surface area contributed by atoms with Gasteiger partial charge in [0.15, 0.2) is 9.84 Å². The molecule has 1 aliphatic heterocycles. The average molecular weight is 379 g/mol. The van der Waals surface area contributed by atoms with Crippen molar-refractivity contribution in [1.82, 2.24) is 4.90 Å². The number of halogens is 3. The zero-order chi connectivity index (χ0) is 18.8. The fourth-order valence-corrected chi connectivity index (χ4v) is 4.51. The highest BCUT2D eigenvalue weighted by atomic mass is 32.2. The molecule has 2 rings (SSSR count). The van der Waals surface area contributed by atoms with Gasteiger partial charge in [-0.25, -0.2) is 8.42 Å². The summed E-state index contributed by atoms with van der Waals surface area (Å²) in [6.45, 7) is 4.19. The number of amides is 1. The zero-order valence-corrected chi connectivity index (χ0v) is 14.7. The van der Waals surface area contributed by atoms with Crippen LogP contribution < -0.4 is 4.74 Å². The predicted molar refractivity (Wildman–Crippen MR) is 86.1 cm³/mol. The molecule has 1 aromatic carbocycles. The molecule has 1 aromatic rings. The Kier molecular flexibility index (Phi) is 5.65. The van der Waals surface area contributed by atoms with Gasteiger partial charge in [-0.15, -0.1) is 13.2 Å². The van der Waals surface area contributed by atoms with E-state index in [0.29, 0.717) is 13.0 Å². The van der Waals surface area contributed by atoms with Crippen molar-refractivity contribution in [3.63, 3.8) is 0 Å². The minimum absolute atomic E-state index is 0.0396. The topological polar surface area (TPSA) is 63.7 Å². The molecule has 1 saturated heterocycles. The maximum atomic E-state index is 12.7. The van der Waals surface area contributed by atoms with Crippen LogP contribution >= 0.6 is 0 Å². The Morgan fingerprint density at radius 1 is 1.28 bits per heavy atom. The van der Waals surface area contributed by atoms with Gasteiger partial charge in [0.05, 0.1) is 11.5 Å². The number of rotatable bonds is 5. The third-order valence-corrected chi connectivity index (χ3v) is 5.56. The van der Waals surface area contributed by atoms with Crippen molar-refractivity contribution in [2.45, 2.75) is 32.7 Å². The summed E-state index contributed by atoms with van der Waals surface area (Å²) in [7, 11) is -3.16. The molecule has 1 amide bonds. The molecule has 1 aliphatic rings. The van der Waals surface area contributed by atoms with E-state index in [1.165, 1.54) is 17.0 Å². The zero-order valence-electron chi connectivity index (χ0n) is 13.9. The van der Waals surface area contributed by atoms with Crippen LogP contribution in [0.4, 0.5) is 13.2 Å². The van der Waals surface area contributed by atoms with Gasteiger partial charge in [0.2, 0.25) is 0 Å². The van der Waals surface area contributed by atoms with Crippen LogP contribution in [0.1, 0.15) is 30.6 Å². The van der Waals surface area contributed by atoms with Gasteiger partial charge in [-0.2, -0.15) is 0 Å². The summed E-state index contributed by atoms with van der Waals surface area (Å²) in [4.78, 5) is 14.3. The second-order valence-electron chi connectivity index (χ2n) is 6.48. The number of carbonyl (C=O) groups excluding carboxylic acids is 1. The summed E-state index contributed by atoms with van der Waals surface area (Å²) in [5.74, 6) is -0.726. The molecule has 0 radical (unpaired) electrons. The lowest BCUT2D eigenvalue weighted by atomic mass is 10.1. The van der Waals surface area contributed by atoms with Crippen molar-refractivity contribution in [3.8, 4) is 5.75 Å². The van der Waals surface area contributed by atoms with Crippen LogP contribution in [0.5, 0.6) is 5.75 Å².